The molecule has 24 heavy (non-hydrogen) atoms. The van der Waals surface area contributed by atoms with Crippen molar-refractivity contribution >= 4 is 23.2 Å². The second kappa shape index (κ2) is 7.04. The van der Waals surface area contributed by atoms with Crippen LogP contribution in [0.3, 0.4) is 0 Å². The number of rotatable bonds is 5. The van der Waals surface area contributed by atoms with Crippen molar-refractivity contribution in [3.05, 3.63) is 48.0 Å². The number of nitrogens with one attached hydrogen (secondary N) is 2. The van der Waals surface area contributed by atoms with Crippen molar-refractivity contribution < 1.29 is 19.1 Å². The van der Waals surface area contributed by atoms with Crippen molar-refractivity contribution in [1.82, 2.24) is 0 Å². The van der Waals surface area contributed by atoms with Crippen molar-refractivity contribution in [2.45, 2.75) is 13.3 Å². The molecule has 2 N–H and O–H groups in total. The third kappa shape index (κ3) is 3.84. The Kier molecular flexibility index (Phi) is 4.65. The first-order valence-electron chi connectivity index (χ1n) is 7.72. The van der Waals surface area contributed by atoms with Gasteiger partial charge in [0.15, 0.2) is 6.61 Å². The zero-order chi connectivity index (χ0) is 16.9. The highest BCUT2D eigenvalue weighted by Gasteiger charge is 2.16. The van der Waals surface area contributed by atoms with Crippen LogP contribution in [0, 0.1) is 0 Å². The summed E-state index contributed by atoms with van der Waals surface area (Å²) in [6, 6.07) is 12.6. The van der Waals surface area contributed by atoms with Gasteiger partial charge < -0.3 is 20.1 Å². The van der Waals surface area contributed by atoms with Crippen molar-refractivity contribution in [2.24, 2.45) is 0 Å². The molecule has 0 unspecified atom stereocenters. The van der Waals surface area contributed by atoms with Gasteiger partial charge in [-0.2, -0.15) is 0 Å². The molecule has 0 bridgehead atoms. The third-order valence-electron chi connectivity index (χ3n) is 3.50. The van der Waals surface area contributed by atoms with Crippen molar-refractivity contribution in [3.63, 3.8) is 0 Å². The van der Waals surface area contributed by atoms with E-state index in [-0.39, 0.29) is 24.8 Å². The van der Waals surface area contributed by atoms with Gasteiger partial charge in [0.25, 0.3) is 5.91 Å². The predicted molar refractivity (Wildman–Crippen MR) is 90.5 cm³/mol. The molecule has 0 radical (unpaired) electrons. The number of fused-ring (bicyclic) bond motifs is 1. The Morgan fingerprint density at radius 3 is 2.79 bits per heavy atom. The van der Waals surface area contributed by atoms with Crippen LogP contribution in [0.2, 0.25) is 0 Å². The number of carbonyl (C=O) groups excluding carboxylic acids is 2. The molecule has 2 amide bonds. The van der Waals surface area contributed by atoms with Crippen LogP contribution in [0.25, 0.3) is 0 Å². The lowest BCUT2D eigenvalue weighted by atomic mass is 10.1. The summed E-state index contributed by atoms with van der Waals surface area (Å²) in [7, 11) is 0. The van der Waals surface area contributed by atoms with Gasteiger partial charge in [-0.15, -0.1) is 0 Å². The maximum Gasteiger partial charge on any atom is 0.262 e. The van der Waals surface area contributed by atoms with E-state index in [2.05, 4.69) is 10.6 Å². The number of hydrogen-bond acceptors (Lipinski definition) is 4. The minimum absolute atomic E-state index is 0.0173. The van der Waals surface area contributed by atoms with Crippen molar-refractivity contribution in [3.8, 4) is 11.5 Å². The second-order valence-corrected chi connectivity index (χ2v) is 5.35. The van der Waals surface area contributed by atoms with E-state index in [1.807, 2.05) is 31.2 Å². The van der Waals surface area contributed by atoms with Gasteiger partial charge in [0.2, 0.25) is 5.91 Å². The van der Waals surface area contributed by atoms with Gasteiger partial charge in [-0.05, 0) is 36.8 Å². The van der Waals surface area contributed by atoms with Crippen LogP contribution in [0.5, 0.6) is 11.5 Å². The summed E-state index contributed by atoms with van der Waals surface area (Å²) >= 11 is 0. The normalized spacial score (nSPS) is 12.6. The maximum atomic E-state index is 12.2. The van der Waals surface area contributed by atoms with E-state index >= 15 is 0 Å². The summed E-state index contributed by atoms with van der Waals surface area (Å²) in [5.74, 6) is 1.03. The van der Waals surface area contributed by atoms with Crippen LogP contribution >= 0.6 is 0 Å². The topological polar surface area (TPSA) is 76.7 Å². The zero-order valence-electron chi connectivity index (χ0n) is 13.3. The quantitative estimate of drug-likeness (QED) is 0.885. The SMILES string of the molecule is CCOc1ccc(CC(=O)Nc2ccc3c(c2)OCC(=O)N3)cc1. The molecule has 0 saturated carbocycles. The molecule has 6 nitrogen and oxygen atoms in total. The maximum absolute atomic E-state index is 12.2. The van der Waals surface area contributed by atoms with Gasteiger partial charge in [0, 0.05) is 11.8 Å². The number of anilines is 2. The van der Waals surface area contributed by atoms with Crippen LogP contribution in [0.1, 0.15) is 12.5 Å². The Hall–Kier alpha value is -3.02. The molecule has 3 rings (SSSR count). The van der Waals surface area contributed by atoms with E-state index in [4.69, 9.17) is 9.47 Å². The average Bonchev–Trinajstić information content (AvgIpc) is 2.57. The first-order valence-corrected chi connectivity index (χ1v) is 7.72. The molecule has 1 aliphatic heterocycles. The van der Waals surface area contributed by atoms with Gasteiger partial charge in [-0.1, -0.05) is 12.1 Å². The van der Waals surface area contributed by atoms with Crippen LogP contribution in [0.4, 0.5) is 11.4 Å². The van der Waals surface area contributed by atoms with E-state index in [1.165, 1.54) is 0 Å². The van der Waals surface area contributed by atoms with Crippen LogP contribution in [-0.2, 0) is 16.0 Å². The summed E-state index contributed by atoms with van der Waals surface area (Å²) in [5.41, 5.74) is 2.13. The standard InChI is InChI=1S/C18H18N2O4/c1-2-23-14-6-3-12(4-7-14)9-17(21)19-13-5-8-15-16(10-13)24-11-18(22)20-15/h3-8,10H,2,9,11H2,1H3,(H,19,21)(H,20,22). The molecule has 0 fully saturated rings. The van der Waals surface area contributed by atoms with Gasteiger partial charge in [0.1, 0.15) is 11.5 Å². The Bertz CT molecular complexity index is 756. The molecule has 1 heterocycles. The van der Waals surface area contributed by atoms with E-state index in [1.54, 1.807) is 18.2 Å². The molecular formula is C18H18N2O4. The van der Waals surface area contributed by atoms with Crippen LogP contribution < -0.4 is 20.1 Å². The van der Waals surface area contributed by atoms with E-state index in [0.29, 0.717) is 23.7 Å². The summed E-state index contributed by atoms with van der Waals surface area (Å²) in [5, 5.41) is 5.54. The van der Waals surface area contributed by atoms with Crippen LogP contribution in [0.15, 0.2) is 42.5 Å². The Balaban J connectivity index is 1.61. The Morgan fingerprint density at radius 1 is 1.25 bits per heavy atom. The third-order valence-corrected chi connectivity index (χ3v) is 3.50. The molecule has 0 aliphatic carbocycles. The predicted octanol–water partition coefficient (Wildman–Crippen LogP) is 2.60. The molecule has 2 aromatic rings. The first kappa shape index (κ1) is 15.9. The second-order valence-electron chi connectivity index (χ2n) is 5.35. The molecule has 124 valence electrons. The van der Waals surface area contributed by atoms with Crippen LogP contribution in [-0.4, -0.2) is 25.0 Å². The highest BCUT2D eigenvalue weighted by Crippen LogP contribution is 2.30. The smallest absolute Gasteiger partial charge is 0.262 e. The zero-order valence-corrected chi connectivity index (χ0v) is 13.3. The lowest BCUT2D eigenvalue weighted by molar-refractivity contribution is -0.118. The molecular weight excluding hydrogens is 308 g/mol. The summed E-state index contributed by atoms with van der Waals surface area (Å²) in [4.78, 5) is 23.4. The minimum Gasteiger partial charge on any atom is -0.494 e. The van der Waals surface area contributed by atoms with Crippen molar-refractivity contribution in [2.75, 3.05) is 23.8 Å². The molecule has 2 aromatic carbocycles. The fourth-order valence-corrected chi connectivity index (χ4v) is 2.41. The molecule has 1 aliphatic rings. The Labute approximate surface area is 139 Å². The molecule has 0 aromatic heterocycles. The van der Waals surface area contributed by atoms with Gasteiger partial charge in [-0.25, -0.2) is 0 Å². The van der Waals surface area contributed by atoms with E-state index in [9.17, 15) is 9.59 Å². The fourth-order valence-electron chi connectivity index (χ4n) is 2.41. The minimum atomic E-state index is -0.185. The lowest BCUT2D eigenvalue weighted by Gasteiger charge is -2.18. The monoisotopic (exact) mass is 326 g/mol. The first-order chi connectivity index (χ1) is 11.6. The largest absolute Gasteiger partial charge is 0.494 e. The highest BCUT2D eigenvalue weighted by molar-refractivity contribution is 5.97. The number of benzene rings is 2. The molecule has 0 atom stereocenters. The average molecular weight is 326 g/mol. The Morgan fingerprint density at radius 2 is 2.04 bits per heavy atom. The number of ether oxygens (including phenoxy) is 2. The van der Waals surface area contributed by atoms with Gasteiger partial charge >= 0.3 is 0 Å². The van der Waals surface area contributed by atoms with E-state index in [0.717, 1.165) is 11.3 Å². The van der Waals surface area contributed by atoms with Gasteiger partial charge in [-0.3, -0.25) is 9.59 Å². The van der Waals surface area contributed by atoms with Gasteiger partial charge in [0.05, 0.1) is 18.7 Å². The highest BCUT2D eigenvalue weighted by atomic mass is 16.5. The number of hydrogen-bond donors (Lipinski definition) is 2. The molecule has 0 saturated heterocycles. The fraction of sp³-hybridized carbons (Fsp3) is 0.222. The molecule has 6 heteroatoms. The lowest BCUT2D eigenvalue weighted by Crippen LogP contribution is -2.25. The van der Waals surface area contributed by atoms with E-state index < -0.39 is 0 Å². The number of amides is 2. The summed E-state index contributed by atoms with van der Waals surface area (Å²) < 4.78 is 10.7. The molecule has 0 spiro atoms. The summed E-state index contributed by atoms with van der Waals surface area (Å²) in [6.07, 6.45) is 0.265. The number of carbonyl (C=O) groups is 2. The van der Waals surface area contributed by atoms with Crippen molar-refractivity contribution in [1.29, 1.82) is 0 Å². The summed E-state index contributed by atoms with van der Waals surface area (Å²) in [6.45, 7) is 2.52.